The molecule has 2 aromatic carbocycles. The van der Waals surface area contributed by atoms with Gasteiger partial charge >= 0.3 is 0 Å². The van der Waals surface area contributed by atoms with Crippen LogP contribution in [0, 0.1) is 21.7 Å². The van der Waals surface area contributed by atoms with Gasteiger partial charge in [0.1, 0.15) is 11.6 Å². The molecule has 0 aliphatic carbocycles. The van der Waals surface area contributed by atoms with Crippen molar-refractivity contribution in [3.8, 4) is 22.6 Å². The minimum atomic E-state index is -0.707. The molecule has 0 saturated carbocycles. The highest BCUT2D eigenvalue weighted by Crippen LogP contribution is 2.25. The van der Waals surface area contributed by atoms with E-state index in [4.69, 9.17) is 14.6 Å². The highest BCUT2D eigenvalue weighted by atomic mass is 19.1. The predicted molar refractivity (Wildman–Crippen MR) is 94.9 cm³/mol. The highest BCUT2D eigenvalue weighted by molar-refractivity contribution is 5.60. The number of hydrogen-bond donors (Lipinski definition) is 1. The Morgan fingerprint density at radius 1 is 0.893 bits per heavy atom. The first-order valence-corrected chi connectivity index (χ1v) is 7.72. The monoisotopic (exact) mass is 386 g/mol. The first-order chi connectivity index (χ1) is 13.5. The first kappa shape index (κ1) is 18.7. The lowest BCUT2D eigenvalue weighted by Gasteiger charge is -1.99. The third kappa shape index (κ3) is 4.18. The molecule has 0 saturated heterocycles. The minimum Gasteiger partial charge on any atom is -0.443 e. The number of benzene rings is 2. The Morgan fingerprint density at radius 2 is 1.43 bits per heavy atom. The molecule has 10 heteroatoms. The molecule has 4 aromatic rings. The van der Waals surface area contributed by atoms with Crippen LogP contribution in [0.25, 0.3) is 22.6 Å². The lowest BCUT2D eigenvalue weighted by molar-refractivity contribution is -0.385. The molecule has 8 nitrogen and oxygen atoms in total. The summed E-state index contributed by atoms with van der Waals surface area (Å²) in [6.07, 6.45) is 5.21. The molecule has 0 fully saturated rings. The van der Waals surface area contributed by atoms with Gasteiger partial charge in [-0.2, -0.15) is 0 Å². The topological polar surface area (TPSA) is 121 Å². The van der Waals surface area contributed by atoms with E-state index in [1.54, 1.807) is 12.1 Å². The van der Waals surface area contributed by atoms with E-state index in [0.717, 1.165) is 12.5 Å². The average molecular weight is 386 g/mol. The van der Waals surface area contributed by atoms with Crippen LogP contribution in [-0.2, 0) is 0 Å². The number of nitrogens with two attached hydrogens (primary N) is 1. The van der Waals surface area contributed by atoms with E-state index >= 15 is 0 Å². The first-order valence-electron chi connectivity index (χ1n) is 7.72. The van der Waals surface area contributed by atoms with Gasteiger partial charge in [-0.15, -0.1) is 0 Å². The van der Waals surface area contributed by atoms with Gasteiger partial charge in [-0.05, 0) is 24.3 Å². The zero-order valence-electron chi connectivity index (χ0n) is 14.1. The molecular formula is C18H12F2N4O4. The summed E-state index contributed by atoms with van der Waals surface area (Å²) >= 11 is 0. The Balaban J connectivity index is 0.000000162. The van der Waals surface area contributed by atoms with Crippen LogP contribution in [0.2, 0.25) is 0 Å². The second-order valence-electron chi connectivity index (χ2n) is 5.39. The molecule has 2 heterocycles. The second-order valence-corrected chi connectivity index (χ2v) is 5.39. The standard InChI is InChI=1S/C9H5FN2O3.C9H7FN2O/c10-8-3-6(12(13)14)1-2-7(8)9-4-11-5-15-9;10-8-3-6(11)1-2-7(8)9-4-12-5-13-9/h1-5H;1-5H,11H2. The largest absolute Gasteiger partial charge is 0.443 e. The zero-order valence-corrected chi connectivity index (χ0v) is 14.1. The van der Waals surface area contributed by atoms with Gasteiger partial charge in [0.15, 0.2) is 24.3 Å². The Bertz CT molecular complexity index is 1080. The van der Waals surface area contributed by atoms with Crippen molar-refractivity contribution in [1.82, 2.24) is 9.97 Å². The lowest BCUT2D eigenvalue weighted by Crippen LogP contribution is -1.90. The molecule has 2 aromatic heterocycles. The fraction of sp³-hybridized carbons (Fsp3) is 0. The number of nitrogens with zero attached hydrogens (tertiary/aromatic N) is 3. The summed E-state index contributed by atoms with van der Waals surface area (Å²) in [5.74, 6) is -0.474. The molecule has 0 amide bonds. The number of oxazole rings is 2. The molecular weight excluding hydrogens is 374 g/mol. The summed E-state index contributed by atoms with van der Waals surface area (Å²) in [6, 6.07) is 7.76. The number of halogens is 2. The Kier molecular flexibility index (Phi) is 5.40. The van der Waals surface area contributed by atoms with Gasteiger partial charge in [-0.25, -0.2) is 18.7 Å². The van der Waals surface area contributed by atoms with Gasteiger partial charge in [-0.3, -0.25) is 10.1 Å². The second kappa shape index (κ2) is 8.08. The summed E-state index contributed by atoms with van der Waals surface area (Å²) in [5, 5.41) is 10.4. The van der Waals surface area contributed by atoms with Crippen LogP contribution in [0.15, 0.2) is 70.4 Å². The van der Waals surface area contributed by atoms with Crippen molar-refractivity contribution >= 4 is 11.4 Å². The summed E-state index contributed by atoms with van der Waals surface area (Å²) < 4.78 is 36.5. The van der Waals surface area contributed by atoms with Gasteiger partial charge in [0.05, 0.1) is 34.5 Å². The molecule has 142 valence electrons. The Morgan fingerprint density at radius 3 is 1.86 bits per heavy atom. The van der Waals surface area contributed by atoms with Crippen molar-refractivity contribution in [3.05, 3.63) is 83.3 Å². The maximum Gasteiger partial charge on any atom is 0.272 e. The quantitative estimate of drug-likeness (QED) is 0.313. The molecule has 4 rings (SSSR count). The molecule has 2 N–H and O–H groups in total. The average Bonchev–Trinajstić information content (AvgIpc) is 3.36. The molecule has 0 bridgehead atoms. The number of non-ortho nitro benzene ring substituents is 1. The molecule has 0 spiro atoms. The van der Waals surface area contributed by atoms with Crippen LogP contribution in [0.3, 0.4) is 0 Å². The Labute approximate surface area is 156 Å². The number of nitro benzene ring substituents is 1. The maximum atomic E-state index is 13.4. The van der Waals surface area contributed by atoms with Gasteiger partial charge in [-0.1, -0.05) is 0 Å². The van der Waals surface area contributed by atoms with Crippen molar-refractivity contribution in [2.75, 3.05) is 5.73 Å². The Hall–Kier alpha value is -4.08. The third-order valence-electron chi connectivity index (χ3n) is 3.55. The van der Waals surface area contributed by atoms with Gasteiger partial charge in [0, 0.05) is 11.8 Å². The smallest absolute Gasteiger partial charge is 0.272 e. The van der Waals surface area contributed by atoms with Crippen molar-refractivity contribution in [3.63, 3.8) is 0 Å². The van der Waals surface area contributed by atoms with E-state index in [1.165, 1.54) is 37.0 Å². The molecule has 0 aliphatic heterocycles. The molecule has 28 heavy (non-hydrogen) atoms. The van der Waals surface area contributed by atoms with E-state index in [2.05, 4.69) is 9.97 Å². The van der Waals surface area contributed by atoms with Crippen LogP contribution in [0.1, 0.15) is 0 Å². The van der Waals surface area contributed by atoms with Crippen molar-refractivity contribution < 1.29 is 22.5 Å². The minimum absolute atomic E-state index is 0.151. The predicted octanol–water partition coefficient (Wildman–Crippen LogP) is 4.45. The highest BCUT2D eigenvalue weighted by Gasteiger charge is 2.13. The molecule has 0 radical (unpaired) electrons. The molecule has 0 aliphatic rings. The summed E-state index contributed by atoms with van der Waals surface area (Å²) in [4.78, 5) is 17.0. The number of hydrogen-bond acceptors (Lipinski definition) is 7. The molecule has 0 atom stereocenters. The fourth-order valence-electron chi connectivity index (χ4n) is 2.25. The number of rotatable bonds is 3. The zero-order chi connectivity index (χ0) is 20.1. The summed E-state index contributed by atoms with van der Waals surface area (Å²) in [6.45, 7) is 0. The van der Waals surface area contributed by atoms with Crippen molar-refractivity contribution in [2.45, 2.75) is 0 Å². The lowest BCUT2D eigenvalue weighted by atomic mass is 10.1. The van der Waals surface area contributed by atoms with E-state index in [-0.39, 0.29) is 17.0 Å². The molecule has 0 unspecified atom stereocenters. The van der Waals surface area contributed by atoms with Crippen LogP contribution >= 0.6 is 0 Å². The van der Waals surface area contributed by atoms with Crippen molar-refractivity contribution in [2.24, 2.45) is 0 Å². The van der Waals surface area contributed by atoms with E-state index in [9.17, 15) is 18.9 Å². The number of aromatic nitrogens is 2. The van der Waals surface area contributed by atoms with Gasteiger partial charge in [0.25, 0.3) is 5.69 Å². The summed E-state index contributed by atoms with van der Waals surface area (Å²) in [5.41, 5.74) is 6.01. The van der Waals surface area contributed by atoms with Crippen LogP contribution in [0.5, 0.6) is 0 Å². The van der Waals surface area contributed by atoms with E-state index in [0.29, 0.717) is 17.0 Å². The third-order valence-corrected chi connectivity index (χ3v) is 3.55. The maximum absolute atomic E-state index is 13.4. The number of anilines is 1. The van der Waals surface area contributed by atoms with E-state index < -0.39 is 16.6 Å². The fourth-order valence-corrected chi connectivity index (χ4v) is 2.25. The van der Waals surface area contributed by atoms with E-state index in [1.807, 2.05) is 0 Å². The van der Waals surface area contributed by atoms with Gasteiger partial charge < -0.3 is 14.6 Å². The summed E-state index contributed by atoms with van der Waals surface area (Å²) in [7, 11) is 0. The van der Waals surface area contributed by atoms with Crippen LogP contribution in [0.4, 0.5) is 20.2 Å². The normalized spacial score (nSPS) is 10.2. The number of nitrogen functional groups attached to an aromatic ring is 1. The number of nitro groups is 1. The van der Waals surface area contributed by atoms with Crippen LogP contribution in [-0.4, -0.2) is 14.9 Å². The van der Waals surface area contributed by atoms with Crippen molar-refractivity contribution in [1.29, 1.82) is 0 Å². The van der Waals surface area contributed by atoms with Crippen LogP contribution < -0.4 is 5.73 Å². The van der Waals surface area contributed by atoms with Gasteiger partial charge in [0.2, 0.25) is 0 Å². The SMILES string of the molecule is Nc1ccc(-c2cnco2)c(F)c1.O=[N+]([O-])c1ccc(-c2cnco2)c(F)c1.